The summed E-state index contributed by atoms with van der Waals surface area (Å²) in [7, 11) is 0. The van der Waals surface area contributed by atoms with E-state index < -0.39 is 12.1 Å². The number of likely N-dealkylation sites (tertiary alicyclic amines) is 1. The Morgan fingerprint density at radius 2 is 1.68 bits per heavy atom. The van der Waals surface area contributed by atoms with E-state index in [1.807, 2.05) is 66.7 Å². The van der Waals surface area contributed by atoms with Crippen molar-refractivity contribution >= 4 is 23.8 Å². The third-order valence-corrected chi connectivity index (χ3v) is 8.91. The van der Waals surface area contributed by atoms with Gasteiger partial charge in [0, 0.05) is 24.7 Å². The minimum absolute atomic E-state index is 0.0465. The number of amides is 4. The highest BCUT2D eigenvalue weighted by molar-refractivity contribution is 6.01. The molecule has 6 rings (SSSR count). The first-order valence-electron chi connectivity index (χ1n) is 16.3. The molecule has 3 aliphatic rings. The van der Waals surface area contributed by atoms with Crippen molar-refractivity contribution in [1.82, 2.24) is 25.8 Å². The molecule has 11 heteroatoms. The third-order valence-electron chi connectivity index (χ3n) is 8.91. The van der Waals surface area contributed by atoms with E-state index in [2.05, 4.69) is 20.9 Å². The molecule has 0 aromatic heterocycles. The van der Waals surface area contributed by atoms with Gasteiger partial charge in [-0.25, -0.2) is 4.79 Å². The summed E-state index contributed by atoms with van der Waals surface area (Å²) in [6.45, 7) is 2.79. The maximum atomic E-state index is 14.2. The Morgan fingerprint density at radius 1 is 0.915 bits per heavy atom. The third kappa shape index (κ3) is 8.28. The summed E-state index contributed by atoms with van der Waals surface area (Å²) >= 11 is 0. The summed E-state index contributed by atoms with van der Waals surface area (Å²) in [6.07, 6.45) is 2.08. The van der Waals surface area contributed by atoms with E-state index >= 15 is 0 Å². The largest absolute Gasteiger partial charge is 0.491 e. The van der Waals surface area contributed by atoms with Crippen LogP contribution in [-0.4, -0.2) is 91.1 Å². The molecule has 3 N–H and O–H groups in total. The number of ether oxygens (including phenoxy) is 2. The molecule has 0 unspecified atom stereocenters. The maximum Gasteiger partial charge on any atom is 0.408 e. The standard InChI is InChI=1S/C36H41N5O6/c42-33(22-40-17-6-7-18-40)38-27-20-28-24-46-29-12-8-11-26(19-29)30-13-4-5-14-31(30)34(43)37-16-15-32(35(44)41(28)21-27)39-36(45)47-23-25-9-2-1-3-10-25/h1-5,8-14,19,27-28,32H,6-7,15-18,20-24H2,(H,37,43)(H,38,42)(H,39,45)/t27-,28-,32+/m0/s1. The molecule has 0 aliphatic carbocycles. The molecular formula is C36H41N5O6. The summed E-state index contributed by atoms with van der Waals surface area (Å²) in [4.78, 5) is 57.3. The zero-order valence-corrected chi connectivity index (χ0v) is 26.4. The number of hydrogen-bond acceptors (Lipinski definition) is 7. The van der Waals surface area contributed by atoms with Gasteiger partial charge in [-0.1, -0.05) is 60.7 Å². The van der Waals surface area contributed by atoms with Crippen LogP contribution in [0.5, 0.6) is 5.75 Å². The van der Waals surface area contributed by atoms with E-state index in [4.69, 9.17) is 9.47 Å². The molecule has 0 radical (unpaired) electrons. The second-order valence-corrected chi connectivity index (χ2v) is 12.3. The summed E-state index contributed by atoms with van der Waals surface area (Å²) < 4.78 is 11.7. The van der Waals surface area contributed by atoms with Gasteiger partial charge in [0.1, 0.15) is 25.0 Å². The quantitative estimate of drug-likeness (QED) is 0.378. The van der Waals surface area contributed by atoms with Gasteiger partial charge in [-0.2, -0.15) is 0 Å². The van der Waals surface area contributed by atoms with Crippen LogP contribution in [0, 0.1) is 0 Å². The van der Waals surface area contributed by atoms with Crippen molar-refractivity contribution < 1.29 is 28.7 Å². The van der Waals surface area contributed by atoms with Crippen LogP contribution in [0.1, 0.15) is 41.6 Å². The van der Waals surface area contributed by atoms with Crippen molar-refractivity contribution in [2.75, 3.05) is 39.3 Å². The fraction of sp³-hybridized carbons (Fsp3) is 0.389. The van der Waals surface area contributed by atoms with Crippen LogP contribution in [0.2, 0.25) is 0 Å². The molecule has 11 nitrogen and oxygen atoms in total. The average molecular weight is 640 g/mol. The summed E-state index contributed by atoms with van der Waals surface area (Å²) in [5.74, 6) is -0.0915. The molecule has 2 saturated heterocycles. The molecular weight excluding hydrogens is 598 g/mol. The minimum atomic E-state index is -0.985. The topological polar surface area (TPSA) is 129 Å². The Kier molecular flexibility index (Phi) is 10.3. The van der Waals surface area contributed by atoms with Crippen LogP contribution in [0.25, 0.3) is 11.1 Å². The Labute approximate surface area is 274 Å². The van der Waals surface area contributed by atoms with Gasteiger partial charge < -0.3 is 30.3 Å². The van der Waals surface area contributed by atoms with Crippen LogP contribution in [0.15, 0.2) is 78.9 Å². The predicted octanol–water partition coefficient (Wildman–Crippen LogP) is 3.34. The Bertz CT molecular complexity index is 1580. The van der Waals surface area contributed by atoms with Crippen molar-refractivity contribution in [3.8, 4) is 16.9 Å². The van der Waals surface area contributed by atoms with Gasteiger partial charge in [-0.05, 0) is 73.7 Å². The molecule has 47 heavy (non-hydrogen) atoms. The van der Waals surface area contributed by atoms with E-state index in [1.165, 1.54) is 0 Å². The molecule has 2 fully saturated rings. The van der Waals surface area contributed by atoms with Crippen LogP contribution >= 0.6 is 0 Å². The zero-order chi connectivity index (χ0) is 32.6. The second-order valence-electron chi connectivity index (χ2n) is 12.3. The highest BCUT2D eigenvalue weighted by Crippen LogP contribution is 2.29. The second kappa shape index (κ2) is 15.1. The number of fused-ring (bicyclic) bond motifs is 5. The van der Waals surface area contributed by atoms with Gasteiger partial charge in [0.25, 0.3) is 5.91 Å². The number of rotatable bonds is 6. The van der Waals surface area contributed by atoms with Crippen molar-refractivity contribution in [2.24, 2.45) is 0 Å². The van der Waals surface area contributed by atoms with Crippen molar-refractivity contribution in [1.29, 1.82) is 0 Å². The van der Waals surface area contributed by atoms with E-state index in [1.54, 1.807) is 17.0 Å². The van der Waals surface area contributed by atoms with Gasteiger partial charge in [0.15, 0.2) is 0 Å². The SMILES string of the molecule is O=C(CN1CCCC1)N[C@H]1C[C@H]2COc3cccc(c3)-c3ccccc3C(=O)NCC[C@@H](NC(=O)OCc3ccccc3)C(=O)N2C1. The van der Waals surface area contributed by atoms with E-state index in [9.17, 15) is 19.2 Å². The number of hydrogen-bond donors (Lipinski definition) is 3. The Morgan fingerprint density at radius 3 is 2.49 bits per heavy atom. The molecule has 3 aliphatic heterocycles. The van der Waals surface area contributed by atoms with Gasteiger partial charge in [-0.3, -0.25) is 19.3 Å². The van der Waals surface area contributed by atoms with Crippen LogP contribution in [-0.2, 0) is 20.9 Å². The smallest absolute Gasteiger partial charge is 0.408 e. The lowest BCUT2D eigenvalue weighted by molar-refractivity contribution is -0.135. The van der Waals surface area contributed by atoms with E-state index in [-0.39, 0.29) is 62.5 Å². The number of alkyl carbamates (subject to hydrolysis) is 1. The van der Waals surface area contributed by atoms with Crippen molar-refractivity contribution in [2.45, 2.75) is 50.4 Å². The highest BCUT2D eigenvalue weighted by Gasteiger charge is 2.40. The lowest BCUT2D eigenvalue weighted by atomic mass is 9.99. The van der Waals surface area contributed by atoms with Gasteiger partial charge >= 0.3 is 6.09 Å². The van der Waals surface area contributed by atoms with Crippen LogP contribution < -0.4 is 20.7 Å². The number of nitrogens with one attached hydrogen (secondary N) is 3. The fourth-order valence-electron chi connectivity index (χ4n) is 6.53. The Hall–Kier alpha value is -4.90. The first kappa shape index (κ1) is 32.1. The normalized spacial score (nSPS) is 21.7. The first-order chi connectivity index (χ1) is 22.9. The van der Waals surface area contributed by atoms with Crippen molar-refractivity contribution in [3.05, 3.63) is 90.0 Å². The monoisotopic (exact) mass is 639 g/mol. The first-order valence-corrected chi connectivity index (χ1v) is 16.3. The molecule has 3 heterocycles. The van der Waals surface area contributed by atoms with Crippen molar-refractivity contribution in [3.63, 3.8) is 0 Å². The predicted molar refractivity (Wildman–Crippen MR) is 176 cm³/mol. The highest BCUT2D eigenvalue weighted by atomic mass is 16.5. The van der Waals surface area contributed by atoms with Crippen LogP contribution in [0.3, 0.4) is 0 Å². The molecule has 246 valence electrons. The van der Waals surface area contributed by atoms with Gasteiger partial charge in [-0.15, -0.1) is 0 Å². The number of benzene rings is 3. The summed E-state index contributed by atoms with van der Waals surface area (Å²) in [6, 6.07) is 22.5. The lowest BCUT2D eigenvalue weighted by Gasteiger charge is -2.29. The minimum Gasteiger partial charge on any atom is -0.491 e. The van der Waals surface area contributed by atoms with Crippen LogP contribution in [0.4, 0.5) is 4.79 Å². The zero-order valence-electron chi connectivity index (χ0n) is 26.4. The lowest BCUT2D eigenvalue weighted by Crippen LogP contribution is -2.52. The van der Waals surface area contributed by atoms with Gasteiger partial charge in [0.05, 0.1) is 12.6 Å². The Balaban J connectivity index is 1.23. The van der Waals surface area contributed by atoms with Gasteiger partial charge in [0.2, 0.25) is 11.8 Å². The maximum absolute atomic E-state index is 14.2. The summed E-state index contributed by atoms with van der Waals surface area (Å²) in [5.41, 5.74) is 2.89. The fourth-order valence-corrected chi connectivity index (χ4v) is 6.53. The average Bonchev–Trinajstić information content (AvgIpc) is 3.75. The number of nitrogens with zero attached hydrogens (tertiary/aromatic N) is 2. The summed E-state index contributed by atoms with van der Waals surface area (Å²) in [5, 5.41) is 8.81. The molecule has 3 aromatic rings. The molecule has 3 atom stereocenters. The number of carbonyl (C=O) groups is 4. The molecule has 3 aromatic carbocycles. The van der Waals surface area contributed by atoms with E-state index in [0.29, 0.717) is 24.3 Å². The van der Waals surface area contributed by atoms with E-state index in [0.717, 1.165) is 42.6 Å². The molecule has 0 saturated carbocycles. The molecule has 4 amide bonds. The number of carbonyl (C=O) groups excluding carboxylic acids is 4. The molecule has 0 spiro atoms. The molecule has 2 bridgehead atoms.